The van der Waals surface area contributed by atoms with Gasteiger partial charge in [-0.3, -0.25) is 4.98 Å². The van der Waals surface area contributed by atoms with E-state index in [0.717, 1.165) is 22.2 Å². The fourth-order valence-electron chi connectivity index (χ4n) is 1.53. The van der Waals surface area contributed by atoms with Crippen LogP contribution >= 0.6 is 0 Å². The minimum atomic E-state index is 0.424. The van der Waals surface area contributed by atoms with Gasteiger partial charge in [0.15, 0.2) is 0 Å². The van der Waals surface area contributed by atoms with Gasteiger partial charge in [-0.15, -0.1) is 0 Å². The molecule has 1 aromatic carbocycles. The van der Waals surface area contributed by atoms with E-state index in [2.05, 4.69) is 11.1 Å². The summed E-state index contributed by atoms with van der Waals surface area (Å²) < 4.78 is 0. The first kappa shape index (κ1) is 8.71. The summed E-state index contributed by atoms with van der Waals surface area (Å²) in [6.45, 7) is 1.96. The molecule has 0 amide bonds. The third-order valence-electron chi connectivity index (χ3n) is 2.21. The van der Waals surface area contributed by atoms with E-state index in [-0.39, 0.29) is 0 Å². The molecule has 0 spiro atoms. The highest BCUT2D eigenvalue weighted by Gasteiger charge is 2.01. The van der Waals surface area contributed by atoms with Crippen molar-refractivity contribution in [2.24, 2.45) is 0 Å². The summed E-state index contributed by atoms with van der Waals surface area (Å²) in [5.74, 6) is 0. The zero-order chi connectivity index (χ0) is 9.97. The standard InChI is InChI=1S/C12H10N2/c1-9-5-6-10-3-2-4-11(7-8-13)12(10)14-9/h2-6H,7H2,1H3. The minimum Gasteiger partial charge on any atom is -0.253 e. The average Bonchev–Trinajstić information content (AvgIpc) is 2.19. The van der Waals surface area contributed by atoms with Gasteiger partial charge in [-0.25, -0.2) is 0 Å². The number of fused-ring (bicyclic) bond motifs is 1. The van der Waals surface area contributed by atoms with Gasteiger partial charge in [0.25, 0.3) is 0 Å². The van der Waals surface area contributed by atoms with Crippen LogP contribution in [0.5, 0.6) is 0 Å². The number of para-hydroxylation sites is 1. The van der Waals surface area contributed by atoms with Gasteiger partial charge in [-0.2, -0.15) is 5.26 Å². The maximum absolute atomic E-state index is 8.67. The Balaban J connectivity index is 2.72. The van der Waals surface area contributed by atoms with Crippen molar-refractivity contribution in [3.05, 3.63) is 41.6 Å². The van der Waals surface area contributed by atoms with Crippen LogP contribution in [-0.2, 0) is 6.42 Å². The van der Waals surface area contributed by atoms with E-state index < -0.39 is 0 Å². The zero-order valence-corrected chi connectivity index (χ0v) is 7.99. The van der Waals surface area contributed by atoms with Crippen molar-refractivity contribution in [1.29, 1.82) is 5.26 Å². The Bertz CT molecular complexity index is 509. The van der Waals surface area contributed by atoms with Gasteiger partial charge in [0.2, 0.25) is 0 Å². The van der Waals surface area contributed by atoms with Crippen molar-refractivity contribution in [1.82, 2.24) is 4.98 Å². The molecule has 0 saturated carbocycles. The van der Waals surface area contributed by atoms with Gasteiger partial charge in [-0.05, 0) is 18.6 Å². The first-order chi connectivity index (χ1) is 6.81. The van der Waals surface area contributed by atoms with Crippen LogP contribution in [0.2, 0.25) is 0 Å². The van der Waals surface area contributed by atoms with Crippen LogP contribution in [0.1, 0.15) is 11.3 Å². The molecular formula is C12H10N2. The third kappa shape index (κ3) is 1.45. The van der Waals surface area contributed by atoms with Gasteiger partial charge in [0, 0.05) is 11.1 Å². The molecule has 0 radical (unpaired) electrons. The van der Waals surface area contributed by atoms with E-state index in [4.69, 9.17) is 5.26 Å². The Morgan fingerprint density at radius 1 is 1.29 bits per heavy atom. The summed E-state index contributed by atoms with van der Waals surface area (Å²) in [5, 5.41) is 9.77. The molecule has 2 heteroatoms. The van der Waals surface area contributed by atoms with Crippen molar-refractivity contribution >= 4 is 10.9 Å². The van der Waals surface area contributed by atoms with Crippen molar-refractivity contribution in [2.45, 2.75) is 13.3 Å². The number of aromatic nitrogens is 1. The quantitative estimate of drug-likeness (QED) is 0.679. The predicted molar refractivity (Wildman–Crippen MR) is 55.8 cm³/mol. The molecule has 14 heavy (non-hydrogen) atoms. The largest absolute Gasteiger partial charge is 0.253 e. The molecule has 2 aromatic rings. The number of benzene rings is 1. The van der Waals surface area contributed by atoms with Crippen molar-refractivity contribution in [3.63, 3.8) is 0 Å². The first-order valence-corrected chi connectivity index (χ1v) is 4.53. The Morgan fingerprint density at radius 2 is 2.14 bits per heavy atom. The van der Waals surface area contributed by atoms with Gasteiger partial charge >= 0.3 is 0 Å². The van der Waals surface area contributed by atoms with E-state index in [1.165, 1.54) is 0 Å². The topological polar surface area (TPSA) is 36.7 Å². The highest BCUT2D eigenvalue weighted by molar-refractivity contribution is 5.82. The van der Waals surface area contributed by atoms with Crippen LogP contribution in [0.4, 0.5) is 0 Å². The van der Waals surface area contributed by atoms with Crippen LogP contribution in [0.3, 0.4) is 0 Å². The Kier molecular flexibility index (Phi) is 2.16. The maximum atomic E-state index is 8.67. The molecule has 0 atom stereocenters. The molecule has 2 rings (SSSR count). The fourth-order valence-corrected chi connectivity index (χ4v) is 1.53. The average molecular weight is 182 g/mol. The van der Waals surface area contributed by atoms with Gasteiger partial charge < -0.3 is 0 Å². The van der Waals surface area contributed by atoms with Crippen LogP contribution in [0.25, 0.3) is 10.9 Å². The van der Waals surface area contributed by atoms with Crippen LogP contribution < -0.4 is 0 Å². The van der Waals surface area contributed by atoms with Crippen LogP contribution in [-0.4, -0.2) is 4.98 Å². The molecule has 0 bridgehead atoms. The summed E-state index contributed by atoms with van der Waals surface area (Å²) in [6.07, 6.45) is 0.424. The lowest BCUT2D eigenvalue weighted by molar-refractivity contribution is 1.21. The molecule has 0 aliphatic carbocycles. The Labute approximate surface area is 82.8 Å². The lowest BCUT2D eigenvalue weighted by atomic mass is 10.1. The van der Waals surface area contributed by atoms with E-state index in [1.807, 2.05) is 37.3 Å². The fraction of sp³-hybridized carbons (Fsp3) is 0.167. The smallest absolute Gasteiger partial charge is 0.0747 e. The minimum absolute atomic E-state index is 0.424. The zero-order valence-electron chi connectivity index (χ0n) is 7.99. The van der Waals surface area contributed by atoms with E-state index in [1.54, 1.807) is 0 Å². The molecule has 68 valence electrons. The second kappa shape index (κ2) is 3.47. The number of hydrogen-bond acceptors (Lipinski definition) is 2. The number of hydrogen-bond donors (Lipinski definition) is 0. The molecule has 1 heterocycles. The molecule has 2 nitrogen and oxygen atoms in total. The monoisotopic (exact) mass is 182 g/mol. The number of nitrogens with zero attached hydrogens (tertiary/aromatic N) is 2. The summed E-state index contributed by atoms with van der Waals surface area (Å²) in [5.41, 5.74) is 2.95. The molecule has 0 aliphatic rings. The van der Waals surface area contributed by atoms with Gasteiger partial charge in [0.05, 0.1) is 18.0 Å². The summed E-state index contributed by atoms with van der Waals surface area (Å²) >= 11 is 0. The molecule has 0 N–H and O–H groups in total. The predicted octanol–water partition coefficient (Wildman–Crippen LogP) is 2.61. The van der Waals surface area contributed by atoms with Crippen molar-refractivity contribution < 1.29 is 0 Å². The molecule has 0 saturated heterocycles. The number of pyridine rings is 1. The summed E-state index contributed by atoms with van der Waals surface area (Å²) in [4.78, 5) is 4.44. The van der Waals surface area contributed by atoms with Crippen LogP contribution in [0, 0.1) is 18.3 Å². The van der Waals surface area contributed by atoms with Crippen molar-refractivity contribution in [3.8, 4) is 6.07 Å². The Hall–Kier alpha value is -1.88. The van der Waals surface area contributed by atoms with Crippen molar-refractivity contribution in [2.75, 3.05) is 0 Å². The summed E-state index contributed by atoms with van der Waals surface area (Å²) in [6, 6.07) is 12.1. The van der Waals surface area contributed by atoms with Crippen LogP contribution in [0.15, 0.2) is 30.3 Å². The number of aryl methyl sites for hydroxylation is 1. The number of nitriles is 1. The maximum Gasteiger partial charge on any atom is 0.0747 e. The lowest BCUT2D eigenvalue weighted by Crippen LogP contribution is -1.89. The molecule has 1 aromatic heterocycles. The summed E-state index contributed by atoms with van der Waals surface area (Å²) in [7, 11) is 0. The van der Waals surface area contributed by atoms with Gasteiger partial charge in [0.1, 0.15) is 0 Å². The lowest BCUT2D eigenvalue weighted by Gasteiger charge is -2.02. The first-order valence-electron chi connectivity index (χ1n) is 4.53. The highest BCUT2D eigenvalue weighted by Crippen LogP contribution is 2.17. The molecular weight excluding hydrogens is 172 g/mol. The SMILES string of the molecule is Cc1ccc2cccc(CC#N)c2n1. The molecule has 0 fully saturated rings. The molecule has 0 unspecified atom stereocenters. The second-order valence-corrected chi connectivity index (χ2v) is 3.28. The van der Waals surface area contributed by atoms with E-state index in [0.29, 0.717) is 6.42 Å². The third-order valence-corrected chi connectivity index (χ3v) is 2.21. The Morgan fingerprint density at radius 3 is 2.93 bits per heavy atom. The number of rotatable bonds is 1. The normalized spacial score (nSPS) is 10.0. The van der Waals surface area contributed by atoms with E-state index >= 15 is 0 Å². The highest BCUT2D eigenvalue weighted by atomic mass is 14.7. The van der Waals surface area contributed by atoms with Gasteiger partial charge in [-0.1, -0.05) is 24.3 Å². The molecule has 0 aliphatic heterocycles. The van der Waals surface area contributed by atoms with E-state index in [9.17, 15) is 0 Å². The second-order valence-electron chi connectivity index (χ2n) is 3.28.